The Morgan fingerprint density at radius 2 is 2.15 bits per heavy atom. The molecule has 0 bridgehead atoms. The summed E-state index contributed by atoms with van der Waals surface area (Å²) in [6, 6.07) is 0. The first-order valence-corrected chi connectivity index (χ1v) is 7.70. The van der Waals surface area contributed by atoms with Crippen LogP contribution in [0, 0.1) is 5.41 Å². The van der Waals surface area contributed by atoms with Crippen LogP contribution in [-0.4, -0.2) is 17.6 Å². The van der Waals surface area contributed by atoms with Crippen molar-refractivity contribution in [2.75, 3.05) is 6.61 Å². The second-order valence-electron chi connectivity index (χ2n) is 6.69. The molecule has 4 heteroatoms. The lowest BCUT2D eigenvalue weighted by molar-refractivity contribution is 0.0484. The van der Waals surface area contributed by atoms with Crippen LogP contribution in [0.2, 0.25) is 0 Å². The molecule has 4 nitrogen and oxygen atoms in total. The van der Waals surface area contributed by atoms with Gasteiger partial charge in [-0.3, -0.25) is 0 Å². The first-order valence-electron chi connectivity index (χ1n) is 7.70. The van der Waals surface area contributed by atoms with Gasteiger partial charge in [-0.05, 0) is 38.0 Å². The Kier molecular flexibility index (Phi) is 3.35. The predicted molar refractivity (Wildman–Crippen MR) is 74.8 cm³/mol. The Bertz CT molecular complexity index is 514. The number of rotatable bonds is 4. The largest absolute Gasteiger partial charge is 0.460 e. The fourth-order valence-electron chi connectivity index (χ4n) is 3.26. The van der Waals surface area contributed by atoms with E-state index in [0.29, 0.717) is 24.2 Å². The normalized spacial score (nSPS) is 24.9. The first kappa shape index (κ1) is 13.7. The minimum Gasteiger partial charge on any atom is -0.460 e. The van der Waals surface area contributed by atoms with E-state index in [2.05, 4.69) is 18.8 Å². The number of oxazole rings is 1. The lowest BCUT2D eigenvalue weighted by Crippen LogP contribution is -2.15. The van der Waals surface area contributed by atoms with Gasteiger partial charge in [-0.15, -0.1) is 0 Å². The molecule has 0 spiro atoms. The second-order valence-corrected chi connectivity index (χ2v) is 6.69. The van der Waals surface area contributed by atoms with Crippen LogP contribution in [0.15, 0.2) is 4.42 Å². The van der Waals surface area contributed by atoms with E-state index in [4.69, 9.17) is 9.15 Å². The van der Waals surface area contributed by atoms with Gasteiger partial charge in [0.15, 0.2) is 5.89 Å². The van der Waals surface area contributed by atoms with Gasteiger partial charge in [0, 0.05) is 11.8 Å². The molecule has 1 aromatic rings. The number of carbonyl (C=O) groups excluding carboxylic acids is 1. The van der Waals surface area contributed by atoms with Crippen molar-refractivity contribution < 1.29 is 13.9 Å². The van der Waals surface area contributed by atoms with E-state index in [-0.39, 0.29) is 11.4 Å². The monoisotopic (exact) mass is 277 g/mol. The van der Waals surface area contributed by atoms with Crippen molar-refractivity contribution in [3.05, 3.63) is 17.3 Å². The van der Waals surface area contributed by atoms with Crippen molar-refractivity contribution in [2.24, 2.45) is 5.41 Å². The fourth-order valence-corrected chi connectivity index (χ4v) is 3.26. The minimum atomic E-state index is -0.357. The number of ether oxygens (including phenoxy) is 1. The average molecular weight is 277 g/mol. The first-order chi connectivity index (χ1) is 9.53. The van der Waals surface area contributed by atoms with Gasteiger partial charge in [-0.1, -0.05) is 20.3 Å². The maximum atomic E-state index is 12.0. The van der Waals surface area contributed by atoms with E-state index >= 15 is 0 Å². The van der Waals surface area contributed by atoms with Gasteiger partial charge in [-0.25, -0.2) is 9.78 Å². The lowest BCUT2D eigenvalue weighted by atomic mass is 9.82. The van der Waals surface area contributed by atoms with E-state index in [1.54, 1.807) is 0 Å². The summed E-state index contributed by atoms with van der Waals surface area (Å²) in [5, 5.41) is 0. The van der Waals surface area contributed by atoms with E-state index in [9.17, 15) is 4.79 Å². The number of aromatic nitrogens is 1. The Morgan fingerprint density at radius 1 is 1.40 bits per heavy atom. The molecule has 0 radical (unpaired) electrons. The number of carbonyl (C=O) groups is 1. The van der Waals surface area contributed by atoms with Crippen molar-refractivity contribution in [3.8, 4) is 0 Å². The molecule has 2 aliphatic carbocycles. The van der Waals surface area contributed by atoms with Gasteiger partial charge in [0.05, 0.1) is 12.3 Å². The molecule has 0 aliphatic heterocycles. The summed E-state index contributed by atoms with van der Waals surface area (Å²) in [4.78, 5) is 16.7. The number of esters is 1. The van der Waals surface area contributed by atoms with Crippen molar-refractivity contribution in [1.82, 2.24) is 4.98 Å². The molecule has 3 rings (SSSR count). The van der Waals surface area contributed by atoms with E-state index in [1.165, 1.54) is 12.8 Å². The zero-order chi connectivity index (χ0) is 14.3. The molecular weight excluding hydrogens is 254 g/mol. The molecule has 1 aromatic heterocycles. The summed E-state index contributed by atoms with van der Waals surface area (Å²) < 4.78 is 11.0. The summed E-state index contributed by atoms with van der Waals surface area (Å²) in [5.41, 5.74) is 1.04. The highest BCUT2D eigenvalue weighted by Gasteiger charge is 2.41. The maximum absolute atomic E-state index is 12.0. The fraction of sp³-hybridized carbons (Fsp3) is 0.750. The van der Waals surface area contributed by atoms with Crippen LogP contribution >= 0.6 is 0 Å². The maximum Gasteiger partial charge on any atom is 0.376 e. The minimum absolute atomic E-state index is 0.206. The Morgan fingerprint density at radius 3 is 2.70 bits per heavy atom. The highest BCUT2D eigenvalue weighted by molar-refractivity contribution is 5.87. The van der Waals surface area contributed by atoms with Crippen LogP contribution in [-0.2, 0) is 4.74 Å². The Labute approximate surface area is 119 Å². The summed E-state index contributed by atoms with van der Waals surface area (Å²) in [7, 11) is 0. The zero-order valence-corrected chi connectivity index (χ0v) is 12.6. The van der Waals surface area contributed by atoms with Crippen LogP contribution < -0.4 is 0 Å². The predicted octanol–water partition coefficient (Wildman–Crippen LogP) is 4.02. The lowest BCUT2D eigenvalue weighted by Gasteiger charge is -2.23. The van der Waals surface area contributed by atoms with Crippen LogP contribution in [0.4, 0.5) is 0 Å². The van der Waals surface area contributed by atoms with Gasteiger partial charge >= 0.3 is 5.97 Å². The molecule has 1 unspecified atom stereocenters. The SMILES string of the molecule is CCOC(=O)c1oc(C2CCCC2(C)C)nc1C1CC1. The molecule has 2 saturated carbocycles. The molecule has 0 saturated heterocycles. The topological polar surface area (TPSA) is 52.3 Å². The van der Waals surface area contributed by atoms with E-state index in [1.807, 2.05) is 6.92 Å². The van der Waals surface area contributed by atoms with Gasteiger partial charge in [0.25, 0.3) is 0 Å². The smallest absolute Gasteiger partial charge is 0.376 e. The van der Waals surface area contributed by atoms with Gasteiger partial charge in [0.2, 0.25) is 5.76 Å². The zero-order valence-electron chi connectivity index (χ0n) is 12.6. The van der Waals surface area contributed by atoms with Crippen LogP contribution in [0.25, 0.3) is 0 Å². The molecule has 20 heavy (non-hydrogen) atoms. The van der Waals surface area contributed by atoms with Crippen LogP contribution in [0.3, 0.4) is 0 Å². The quantitative estimate of drug-likeness (QED) is 0.780. The van der Waals surface area contributed by atoms with Crippen molar-refractivity contribution in [3.63, 3.8) is 0 Å². The van der Waals surface area contributed by atoms with Gasteiger partial charge < -0.3 is 9.15 Å². The van der Waals surface area contributed by atoms with Crippen molar-refractivity contribution >= 4 is 5.97 Å². The Hall–Kier alpha value is -1.32. The standard InChI is InChI=1S/C16H23NO3/c1-4-19-15(18)13-12(10-7-8-10)17-14(20-13)11-6-5-9-16(11,2)3/h10-11H,4-9H2,1-3H3. The van der Waals surface area contributed by atoms with E-state index in [0.717, 1.165) is 30.8 Å². The molecular formula is C16H23NO3. The number of nitrogens with zero attached hydrogens (tertiary/aromatic N) is 1. The molecule has 1 atom stereocenters. The van der Waals surface area contributed by atoms with E-state index < -0.39 is 0 Å². The molecule has 2 fully saturated rings. The second kappa shape index (κ2) is 4.90. The molecule has 110 valence electrons. The summed E-state index contributed by atoms with van der Waals surface area (Å²) in [5.74, 6) is 1.47. The third-order valence-electron chi connectivity index (χ3n) is 4.65. The highest BCUT2D eigenvalue weighted by Crippen LogP contribution is 2.50. The summed E-state index contributed by atoms with van der Waals surface area (Å²) >= 11 is 0. The van der Waals surface area contributed by atoms with Crippen LogP contribution in [0.5, 0.6) is 0 Å². The Balaban J connectivity index is 1.93. The van der Waals surface area contributed by atoms with Crippen LogP contribution in [0.1, 0.15) is 86.9 Å². The average Bonchev–Trinajstić information content (AvgIpc) is 3.04. The summed E-state index contributed by atoms with van der Waals surface area (Å²) in [6.45, 7) is 6.70. The third kappa shape index (κ3) is 2.36. The van der Waals surface area contributed by atoms with Crippen molar-refractivity contribution in [1.29, 1.82) is 0 Å². The number of hydrogen-bond acceptors (Lipinski definition) is 4. The highest BCUT2D eigenvalue weighted by atomic mass is 16.5. The molecule has 0 N–H and O–H groups in total. The third-order valence-corrected chi connectivity index (χ3v) is 4.65. The molecule has 1 heterocycles. The molecule has 0 aromatic carbocycles. The summed E-state index contributed by atoms with van der Waals surface area (Å²) in [6.07, 6.45) is 5.69. The van der Waals surface area contributed by atoms with Gasteiger partial charge in [0.1, 0.15) is 0 Å². The molecule has 2 aliphatic rings. The van der Waals surface area contributed by atoms with Crippen molar-refractivity contribution in [2.45, 2.75) is 64.7 Å². The van der Waals surface area contributed by atoms with Gasteiger partial charge in [-0.2, -0.15) is 0 Å². The molecule has 0 amide bonds. The number of hydrogen-bond donors (Lipinski definition) is 0.